The van der Waals surface area contributed by atoms with Gasteiger partial charge in [-0.25, -0.2) is 19.5 Å². The molecule has 1 fully saturated rings. The van der Waals surface area contributed by atoms with E-state index in [-0.39, 0.29) is 25.6 Å². The molecule has 0 saturated carbocycles. The van der Waals surface area contributed by atoms with E-state index in [1.165, 1.54) is 6.33 Å². The molecule has 2 aliphatic heterocycles. The number of nitrogens with zero attached hydrogens (tertiary/aromatic N) is 4. The molecule has 6 rings (SSSR count). The second-order valence-corrected chi connectivity index (χ2v) is 10.9. The zero-order chi connectivity index (χ0) is 27.7. The number of imidazole rings is 1. The molecule has 2 N–H and O–H groups in total. The van der Waals surface area contributed by atoms with Gasteiger partial charge in [-0.2, -0.15) is 0 Å². The van der Waals surface area contributed by atoms with Crippen molar-refractivity contribution < 1.29 is 32.3 Å². The lowest BCUT2D eigenvalue weighted by Crippen LogP contribution is -2.44. The van der Waals surface area contributed by atoms with Crippen LogP contribution < -0.4 is 15.0 Å². The average molecular weight is 564 g/mol. The maximum atomic E-state index is 13.4. The van der Waals surface area contributed by atoms with Crippen LogP contribution in [0.2, 0.25) is 0 Å². The number of rotatable bonds is 8. The van der Waals surface area contributed by atoms with Gasteiger partial charge in [0.1, 0.15) is 42.3 Å². The Morgan fingerprint density at radius 3 is 2.83 bits per heavy atom. The van der Waals surface area contributed by atoms with Crippen molar-refractivity contribution in [2.75, 3.05) is 19.5 Å². The monoisotopic (exact) mass is 563 g/mol. The Kier molecular flexibility index (Phi) is 6.92. The van der Waals surface area contributed by atoms with Gasteiger partial charge in [0.2, 0.25) is 0 Å². The van der Waals surface area contributed by atoms with Gasteiger partial charge in [-0.3, -0.25) is 13.6 Å². The Labute approximate surface area is 230 Å². The maximum absolute atomic E-state index is 13.4. The van der Waals surface area contributed by atoms with E-state index < -0.39 is 25.8 Å². The summed E-state index contributed by atoms with van der Waals surface area (Å²) in [6, 6.07) is 14.6. The summed E-state index contributed by atoms with van der Waals surface area (Å²) in [5.74, 6) is 4.09. The highest BCUT2D eigenvalue weighted by Crippen LogP contribution is 2.55. The zero-order valence-electron chi connectivity index (χ0n) is 21.5. The minimum Gasteiger partial charge on any atom is -0.497 e. The fourth-order valence-electron chi connectivity index (χ4n) is 4.65. The van der Waals surface area contributed by atoms with Crippen molar-refractivity contribution in [1.82, 2.24) is 19.5 Å². The Bertz CT molecular complexity index is 1620. The van der Waals surface area contributed by atoms with E-state index in [0.717, 1.165) is 16.9 Å². The minimum absolute atomic E-state index is 0.0690. The van der Waals surface area contributed by atoms with Crippen LogP contribution in [0.4, 0.5) is 5.82 Å². The van der Waals surface area contributed by atoms with Gasteiger partial charge in [-0.15, -0.1) is 6.42 Å². The number of anilines is 1. The summed E-state index contributed by atoms with van der Waals surface area (Å²) >= 11 is 0. The molecule has 2 aromatic carbocycles. The van der Waals surface area contributed by atoms with Crippen LogP contribution in [0.3, 0.4) is 0 Å². The largest absolute Gasteiger partial charge is 0.530 e. The number of terminal acetylenes is 1. The molecule has 0 bridgehead atoms. The van der Waals surface area contributed by atoms with Crippen LogP contribution >= 0.6 is 7.82 Å². The molecule has 0 radical (unpaired) electrons. The first-order valence-electron chi connectivity index (χ1n) is 12.4. The first kappa shape index (κ1) is 26.3. The van der Waals surface area contributed by atoms with Crippen molar-refractivity contribution in [3.8, 4) is 23.8 Å². The summed E-state index contributed by atoms with van der Waals surface area (Å²) < 4.78 is 49.9. The van der Waals surface area contributed by atoms with E-state index in [9.17, 15) is 4.57 Å². The molecule has 4 heterocycles. The van der Waals surface area contributed by atoms with Gasteiger partial charge in [-0.1, -0.05) is 36.3 Å². The van der Waals surface area contributed by atoms with Gasteiger partial charge in [0.25, 0.3) is 0 Å². The van der Waals surface area contributed by atoms with Gasteiger partial charge in [0.05, 0.1) is 26.7 Å². The summed E-state index contributed by atoms with van der Waals surface area (Å²) in [5.41, 5.74) is 7.09. The van der Waals surface area contributed by atoms with Gasteiger partial charge in [-0.05, 0) is 23.8 Å². The second kappa shape index (κ2) is 10.5. The third-order valence-electron chi connectivity index (χ3n) is 6.83. The van der Waals surface area contributed by atoms with Crippen molar-refractivity contribution in [3.63, 3.8) is 0 Å². The van der Waals surface area contributed by atoms with Crippen LogP contribution in [0.1, 0.15) is 23.8 Å². The van der Waals surface area contributed by atoms with Gasteiger partial charge in [0, 0.05) is 12.0 Å². The first-order valence-corrected chi connectivity index (χ1v) is 13.9. The zero-order valence-corrected chi connectivity index (χ0v) is 22.4. The molecule has 0 amide bonds. The van der Waals surface area contributed by atoms with Gasteiger partial charge in [0.15, 0.2) is 17.1 Å². The molecule has 12 nitrogen and oxygen atoms in total. The molecule has 4 aromatic rings. The normalized spacial score (nSPS) is 25.7. The molecule has 13 heteroatoms. The summed E-state index contributed by atoms with van der Waals surface area (Å²) in [4.78, 5) is 12.6. The van der Waals surface area contributed by atoms with E-state index in [0.29, 0.717) is 23.3 Å². The number of hydrogen-bond acceptors (Lipinski definition) is 11. The van der Waals surface area contributed by atoms with Gasteiger partial charge >= 0.3 is 7.82 Å². The summed E-state index contributed by atoms with van der Waals surface area (Å²) in [7, 11) is -2.39. The Morgan fingerprint density at radius 1 is 1.20 bits per heavy atom. The highest BCUT2D eigenvalue weighted by atomic mass is 31.2. The number of aromatic nitrogens is 4. The first-order chi connectivity index (χ1) is 19.4. The van der Waals surface area contributed by atoms with E-state index in [4.69, 9.17) is 39.9 Å². The number of hydrogen-bond donors (Lipinski definition) is 1. The van der Waals surface area contributed by atoms with Crippen molar-refractivity contribution in [1.29, 1.82) is 0 Å². The third kappa shape index (κ3) is 4.90. The molecular weight excluding hydrogens is 537 g/mol. The number of fused-ring (bicyclic) bond motifs is 2. The molecule has 2 aromatic heterocycles. The van der Waals surface area contributed by atoms with E-state index >= 15 is 0 Å². The summed E-state index contributed by atoms with van der Waals surface area (Å²) in [5, 5.41) is 0. The quantitative estimate of drug-likeness (QED) is 0.245. The molecule has 0 aliphatic carbocycles. The maximum Gasteiger partial charge on any atom is 0.530 e. The molecule has 40 heavy (non-hydrogen) atoms. The van der Waals surface area contributed by atoms with Crippen molar-refractivity contribution >= 4 is 24.8 Å². The van der Waals surface area contributed by atoms with E-state index in [2.05, 4.69) is 20.9 Å². The predicted molar refractivity (Wildman–Crippen MR) is 143 cm³/mol. The van der Waals surface area contributed by atoms with Crippen molar-refractivity contribution in [2.45, 2.75) is 37.6 Å². The van der Waals surface area contributed by atoms with Crippen LogP contribution in [0, 0.1) is 12.3 Å². The lowest BCUT2D eigenvalue weighted by Gasteiger charge is -2.31. The fraction of sp³-hybridized carbons (Fsp3) is 0.296. The number of phosphoric ester groups is 1. The number of nitrogens with two attached hydrogens (primary N) is 1. The highest BCUT2D eigenvalue weighted by Gasteiger charge is 2.52. The average Bonchev–Trinajstić information content (AvgIpc) is 3.58. The van der Waals surface area contributed by atoms with Crippen LogP contribution in [-0.4, -0.2) is 44.9 Å². The summed E-state index contributed by atoms with van der Waals surface area (Å²) in [6.45, 7) is -0.0258. The molecule has 2 aliphatic rings. The van der Waals surface area contributed by atoms with Crippen LogP contribution in [-0.2, 0) is 36.3 Å². The SMILES string of the molecule is C#C[C@]1(COP2(=O)OCc3ccccc3O2)O[C@@H](n2cnc3c(N)ncnc32)C[C@@H]1OCc1ccc(OC)cc1. The van der Waals surface area contributed by atoms with Crippen molar-refractivity contribution in [2.24, 2.45) is 0 Å². The molecule has 1 saturated heterocycles. The molecule has 206 valence electrons. The Balaban J connectivity index is 1.26. The highest BCUT2D eigenvalue weighted by molar-refractivity contribution is 7.49. The van der Waals surface area contributed by atoms with Crippen LogP contribution in [0.5, 0.6) is 11.5 Å². The number of benzene rings is 2. The van der Waals surface area contributed by atoms with E-state index in [1.54, 1.807) is 30.1 Å². The predicted octanol–water partition coefficient (Wildman–Crippen LogP) is 4.03. The topological polar surface area (TPSA) is 142 Å². The van der Waals surface area contributed by atoms with Crippen molar-refractivity contribution in [3.05, 3.63) is 72.3 Å². The second-order valence-electron chi connectivity index (χ2n) is 9.27. The molecule has 4 atom stereocenters. The lowest BCUT2D eigenvalue weighted by atomic mass is 9.98. The standard InChI is InChI=1S/C27H26N5O7P/c1-3-27(15-37-40(33)36-14-19-6-4-5-7-21(19)39-40)22(35-13-18-8-10-20(34-2)11-9-18)12-23(38-27)32-17-31-24-25(28)29-16-30-26(24)32/h1,4-11,16-17,22-23H,12-15H2,2H3,(H2,28,29,30)/t22-,23+,27+,40?/m0/s1. The molecular formula is C27H26N5O7P. The number of ether oxygens (including phenoxy) is 3. The minimum atomic E-state index is -3.99. The number of nitrogen functional groups attached to an aromatic ring is 1. The molecule has 1 unspecified atom stereocenters. The number of para-hydroxylation sites is 1. The number of methoxy groups -OCH3 is 1. The Morgan fingerprint density at radius 2 is 2.02 bits per heavy atom. The number of phosphoric acid groups is 1. The van der Waals surface area contributed by atoms with Crippen LogP contribution in [0.25, 0.3) is 11.2 Å². The molecule has 0 spiro atoms. The van der Waals surface area contributed by atoms with Crippen LogP contribution in [0.15, 0.2) is 61.2 Å². The smallest absolute Gasteiger partial charge is 0.497 e. The Hall–Kier alpha value is -3.98. The lowest BCUT2D eigenvalue weighted by molar-refractivity contribution is -0.107. The third-order valence-corrected chi connectivity index (χ3v) is 8.14. The fourth-order valence-corrected chi connectivity index (χ4v) is 5.90. The van der Waals surface area contributed by atoms with E-state index in [1.807, 2.05) is 36.4 Å². The van der Waals surface area contributed by atoms with Gasteiger partial charge < -0.3 is 24.5 Å². The summed E-state index contributed by atoms with van der Waals surface area (Å²) in [6.07, 6.45) is 7.96.